The van der Waals surface area contributed by atoms with Gasteiger partial charge in [-0.15, -0.1) is 0 Å². The molecule has 0 saturated carbocycles. The van der Waals surface area contributed by atoms with Crippen LogP contribution in [0, 0.1) is 0 Å². The molecule has 1 aromatic rings. The van der Waals surface area contributed by atoms with Gasteiger partial charge in [-0.05, 0) is 35.1 Å². The van der Waals surface area contributed by atoms with Gasteiger partial charge in [0, 0.05) is 0 Å². The van der Waals surface area contributed by atoms with Crippen LogP contribution < -0.4 is 0 Å². The highest BCUT2D eigenvalue weighted by molar-refractivity contribution is 5.82. The molecule has 3 rings (SSSR count). The first-order chi connectivity index (χ1) is 7.95. The van der Waals surface area contributed by atoms with E-state index in [1.54, 1.807) is 0 Å². The van der Waals surface area contributed by atoms with E-state index < -0.39 is 0 Å². The lowest BCUT2D eigenvalue weighted by Crippen LogP contribution is -1.88. The molecule has 0 atom stereocenters. The van der Waals surface area contributed by atoms with Crippen LogP contribution in [0.2, 0.25) is 0 Å². The van der Waals surface area contributed by atoms with Crippen molar-refractivity contribution in [2.75, 3.05) is 0 Å². The Kier molecular flexibility index (Phi) is 2.34. The van der Waals surface area contributed by atoms with Crippen molar-refractivity contribution in [1.82, 2.24) is 0 Å². The smallest absolute Gasteiger partial charge is 0.00851 e. The molecule has 0 nitrogen and oxygen atoms in total. The van der Waals surface area contributed by atoms with E-state index in [2.05, 4.69) is 60.7 Å². The Morgan fingerprint density at radius 3 is 2.50 bits per heavy atom. The minimum Gasteiger partial charge on any atom is -0.0801 e. The van der Waals surface area contributed by atoms with E-state index in [4.69, 9.17) is 0 Å². The fourth-order valence-corrected chi connectivity index (χ4v) is 2.37. The van der Waals surface area contributed by atoms with Gasteiger partial charge >= 0.3 is 0 Å². The van der Waals surface area contributed by atoms with E-state index in [9.17, 15) is 0 Å². The monoisotopic (exact) mass is 206 g/mol. The molecule has 0 bridgehead atoms. The van der Waals surface area contributed by atoms with Gasteiger partial charge in [-0.2, -0.15) is 0 Å². The average molecular weight is 206 g/mol. The van der Waals surface area contributed by atoms with E-state index in [1.807, 2.05) is 0 Å². The summed E-state index contributed by atoms with van der Waals surface area (Å²) < 4.78 is 0. The Bertz CT molecular complexity index is 510. The molecule has 0 spiro atoms. The highest BCUT2D eigenvalue weighted by Gasteiger charge is 2.14. The van der Waals surface area contributed by atoms with E-state index in [0.717, 1.165) is 12.8 Å². The van der Waals surface area contributed by atoms with Crippen LogP contribution in [0.15, 0.2) is 71.9 Å². The zero-order valence-corrected chi connectivity index (χ0v) is 9.19. The first kappa shape index (κ1) is 9.41. The molecule has 0 radical (unpaired) electrons. The highest BCUT2D eigenvalue weighted by Crippen LogP contribution is 2.35. The molecule has 0 aromatic heterocycles. The second kappa shape index (κ2) is 3.97. The van der Waals surface area contributed by atoms with E-state index in [1.165, 1.54) is 22.3 Å². The second-order valence-corrected chi connectivity index (χ2v) is 4.19. The molecule has 2 aliphatic rings. The summed E-state index contributed by atoms with van der Waals surface area (Å²) in [6, 6.07) is 10.7. The first-order valence-corrected chi connectivity index (χ1v) is 5.76. The number of benzene rings is 1. The number of hydrogen-bond acceptors (Lipinski definition) is 0. The predicted octanol–water partition coefficient (Wildman–Crippen LogP) is 4.29. The first-order valence-electron chi connectivity index (χ1n) is 5.76. The molecule has 0 saturated heterocycles. The fraction of sp³-hybridized carbons (Fsp3) is 0.125. The molecule has 78 valence electrons. The van der Waals surface area contributed by atoms with Crippen molar-refractivity contribution in [2.45, 2.75) is 12.8 Å². The minimum absolute atomic E-state index is 1.08. The Morgan fingerprint density at radius 1 is 0.875 bits per heavy atom. The van der Waals surface area contributed by atoms with E-state index >= 15 is 0 Å². The third-order valence-corrected chi connectivity index (χ3v) is 3.18. The van der Waals surface area contributed by atoms with Crippen molar-refractivity contribution in [3.63, 3.8) is 0 Å². The predicted molar refractivity (Wildman–Crippen MR) is 69.0 cm³/mol. The van der Waals surface area contributed by atoms with Crippen molar-refractivity contribution in [2.24, 2.45) is 0 Å². The molecular formula is C16H14. The maximum atomic E-state index is 2.26. The van der Waals surface area contributed by atoms with E-state index in [0.29, 0.717) is 0 Å². The van der Waals surface area contributed by atoms with Crippen molar-refractivity contribution in [1.29, 1.82) is 0 Å². The topological polar surface area (TPSA) is 0 Å². The molecular weight excluding hydrogens is 192 g/mol. The number of rotatable bonds is 2. The molecule has 16 heavy (non-hydrogen) atoms. The Morgan fingerprint density at radius 2 is 1.75 bits per heavy atom. The van der Waals surface area contributed by atoms with Crippen molar-refractivity contribution < 1.29 is 0 Å². The molecule has 0 unspecified atom stereocenters. The van der Waals surface area contributed by atoms with Crippen LogP contribution >= 0.6 is 0 Å². The van der Waals surface area contributed by atoms with Crippen molar-refractivity contribution in [3.8, 4) is 0 Å². The van der Waals surface area contributed by atoms with Gasteiger partial charge in [-0.1, -0.05) is 60.7 Å². The molecule has 0 heteroatoms. The van der Waals surface area contributed by atoms with Crippen LogP contribution in [0.5, 0.6) is 0 Å². The lowest BCUT2D eigenvalue weighted by Gasteiger charge is -2.08. The van der Waals surface area contributed by atoms with Crippen LogP contribution in [0.4, 0.5) is 0 Å². The van der Waals surface area contributed by atoms with Gasteiger partial charge < -0.3 is 0 Å². The lowest BCUT2D eigenvalue weighted by molar-refractivity contribution is 1.18. The number of allylic oxidation sites excluding steroid dienone is 8. The second-order valence-electron chi connectivity index (χ2n) is 4.19. The summed E-state index contributed by atoms with van der Waals surface area (Å²) in [5, 5.41) is 0. The molecule has 2 aliphatic carbocycles. The highest BCUT2D eigenvalue weighted by atomic mass is 14.2. The average Bonchev–Trinajstić information content (AvgIpc) is 3.01. The quantitative estimate of drug-likeness (QED) is 0.677. The van der Waals surface area contributed by atoms with Crippen molar-refractivity contribution in [3.05, 3.63) is 77.4 Å². The molecule has 0 aliphatic heterocycles. The maximum Gasteiger partial charge on any atom is -0.00851 e. The Labute approximate surface area is 96.3 Å². The molecule has 0 fully saturated rings. The summed E-state index contributed by atoms with van der Waals surface area (Å²) in [6.45, 7) is 0. The molecule has 0 heterocycles. The SMILES string of the molecule is C1=CCC(C2=C(c3ccccc3)C=CC2)=C1. The van der Waals surface area contributed by atoms with Gasteiger partial charge in [0.2, 0.25) is 0 Å². The summed E-state index contributed by atoms with van der Waals surface area (Å²) in [5.41, 5.74) is 5.70. The third kappa shape index (κ3) is 1.57. The van der Waals surface area contributed by atoms with Gasteiger partial charge in [0.25, 0.3) is 0 Å². The largest absolute Gasteiger partial charge is 0.0801 e. The zero-order chi connectivity index (χ0) is 10.8. The van der Waals surface area contributed by atoms with Gasteiger partial charge in [0.05, 0.1) is 0 Å². The summed E-state index contributed by atoms with van der Waals surface area (Å²) in [6.07, 6.45) is 13.3. The fourth-order valence-electron chi connectivity index (χ4n) is 2.37. The maximum absolute atomic E-state index is 2.26. The normalized spacial score (nSPS) is 18.4. The molecule has 1 aromatic carbocycles. The Balaban J connectivity index is 2.04. The standard InChI is InChI=1S/C16H14/c1-2-7-13(8-3-1)15-11-6-12-16(15)14-9-4-5-10-14/h1-9,11H,10,12H2. The summed E-state index contributed by atoms with van der Waals surface area (Å²) in [5.74, 6) is 0. The molecule has 0 amide bonds. The van der Waals surface area contributed by atoms with Gasteiger partial charge in [-0.25, -0.2) is 0 Å². The molecule has 0 N–H and O–H groups in total. The summed E-state index contributed by atoms with van der Waals surface area (Å²) >= 11 is 0. The van der Waals surface area contributed by atoms with Crippen LogP contribution in [0.25, 0.3) is 5.57 Å². The summed E-state index contributed by atoms with van der Waals surface area (Å²) in [7, 11) is 0. The van der Waals surface area contributed by atoms with Crippen molar-refractivity contribution >= 4 is 5.57 Å². The lowest BCUT2D eigenvalue weighted by atomic mass is 9.96. The van der Waals surface area contributed by atoms with E-state index in [-0.39, 0.29) is 0 Å². The van der Waals surface area contributed by atoms with Crippen LogP contribution in [-0.2, 0) is 0 Å². The van der Waals surface area contributed by atoms with Gasteiger partial charge in [-0.3, -0.25) is 0 Å². The zero-order valence-electron chi connectivity index (χ0n) is 9.19. The van der Waals surface area contributed by atoms with Crippen LogP contribution in [0.3, 0.4) is 0 Å². The van der Waals surface area contributed by atoms with Gasteiger partial charge in [0.15, 0.2) is 0 Å². The van der Waals surface area contributed by atoms with Crippen LogP contribution in [-0.4, -0.2) is 0 Å². The number of hydrogen-bond donors (Lipinski definition) is 0. The minimum atomic E-state index is 1.08. The third-order valence-electron chi connectivity index (χ3n) is 3.18. The van der Waals surface area contributed by atoms with Gasteiger partial charge in [0.1, 0.15) is 0 Å². The Hall–Kier alpha value is -1.82. The summed E-state index contributed by atoms with van der Waals surface area (Å²) in [4.78, 5) is 0. The van der Waals surface area contributed by atoms with Crippen LogP contribution in [0.1, 0.15) is 18.4 Å².